The number of hydrogen-bond donors (Lipinski definition) is 1. The number of carboxylic acids is 1. The predicted octanol–water partition coefficient (Wildman–Crippen LogP) is 1.67. The third-order valence-electron chi connectivity index (χ3n) is 4.60. The Labute approximate surface area is 138 Å². The second-order valence-electron chi connectivity index (χ2n) is 6.02. The molecular formula is C16H18ClNO5. The third kappa shape index (κ3) is 3.14. The van der Waals surface area contributed by atoms with Gasteiger partial charge >= 0.3 is 5.97 Å². The molecule has 0 radical (unpaired) electrons. The zero-order chi connectivity index (χ0) is 16.4. The molecule has 7 heteroatoms. The Morgan fingerprint density at radius 1 is 1.48 bits per heavy atom. The summed E-state index contributed by atoms with van der Waals surface area (Å²) >= 11 is 5.87. The van der Waals surface area contributed by atoms with Gasteiger partial charge in [-0.2, -0.15) is 0 Å². The van der Waals surface area contributed by atoms with Gasteiger partial charge in [-0.25, -0.2) is 0 Å². The molecule has 1 amide bonds. The van der Waals surface area contributed by atoms with Crippen molar-refractivity contribution < 1.29 is 24.2 Å². The van der Waals surface area contributed by atoms with E-state index in [9.17, 15) is 14.7 Å². The van der Waals surface area contributed by atoms with Crippen LogP contribution in [0.4, 0.5) is 0 Å². The summed E-state index contributed by atoms with van der Waals surface area (Å²) in [6.07, 6.45) is 0.658. The minimum atomic E-state index is -0.982. The highest BCUT2D eigenvalue weighted by atomic mass is 35.5. The Hall–Kier alpha value is -1.79. The number of aliphatic carboxylic acids is 1. The summed E-state index contributed by atoms with van der Waals surface area (Å²) in [6.45, 7) is 1.18. The van der Waals surface area contributed by atoms with Crippen molar-refractivity contribution in [2.75, 3.05) is 32.9 Å². The standard InChI is InChI=1S/C16H18ClNO5/c17-12-2-1-3-13(6-12)23-8-14(19)18-7-11-4-5-22-10-16(11,9-18)15(20)21/h1-3,6,11H,4-5,7-10H2,(H,20,21)/t11-,16+/m0/s1. The number of hydrogen-bond acceptors (Lipinski definition) is 4. The van der Waals surface area contributed by atoms with Gasteiger partial charge in [0.2, 0.25) is 0 Å². The lowest BCUT2D eigenvalue weighted by molar-refractivity contribution is -0.160. The number of benzene rings is 1. The van der Waals surface area contributed by atoms with Crippen LogP contribution < -0.4 is 4.74 Å². The molecular weight excluding hydrogens is 322 g/mol. The van der Waals surface area contributed by atoms with E-state index in [2.05, 4.69) is 0 Å². The minimum absolute atomic E-state index is 0.0659. The fourth-order valence-electron chi connectivity index (χ4n) is 3.27. The summed E-state index contributed by atoms with van der Waals surface area (Å²) in [5.41, 5.74) is -0.982. The van der Waals surface area contributed by atoms with E-state index in [0.717, 1.165) is 0 Å². The number of carbonyl (C=O) groups excluding carboxylic acids is 1. The van der Waals surface area contributed by atoms with Crippen LogP contribution in [-0.4, -0.2) is 54.8 Å². The fourth-order valence-corrected chi connectivity index (χ4v) is 3.45. The van der Waals surface area contributed by atoms with E-state index in [4.69, 9.17) is 21.1 Å². The number of ether oxygens (including phenoxy) is 2. The van der Waals surface area contributed by atoms with Gasteiger partial charge in [0.25, 0.3) is 5.91 Å². The predicted molar refractivity (Wildman–Crippen MR) is 82.5 cm³/mol. The van der Waals surface area contributed by atoms with Gasteiger partial charge in [-0.1, -0.05) is 17.7 Å². The minimum Gasteiger partial charge on any atom is -0.484 e. The fraction of sp³-hybridized carbons (Fsp3) is 0.500. The number of likely N-dealkylation sites (tertiary alicyclic amines) is 1. The van der Waals surface area contributed by atoms with Crippen molar-refractivity contribution in [3.05, 3.63) is 29.3 Å². The molecule has 1 aromatic rings. The lowest BCUT2D eigenvalue weighted by atomic mass is 9.76. The number of carbonyl (C=O) groups is 2. The number of halogens is 1. The average molecular weight is 340 g/mol. The lowest BCUT2D eigenvalue weighted by Crippen LogP contribution is -2.46. The number of rotatable bonds is 4. The molecule has 0 bridgehead atoms. The molecule has 124 valence electrons. The summed E-state index contributed by atoms with van der Waals surface area (Å²) in [4.78, 5) is 25.6. The highest BCUT2D eigenvalue weighted by molar-refractivity contribution is 6.30. The van der Waals surface area contributed by atoms with Crippen LogP contribution in [0.3, 0.4) is 0 Å². The smallest absolute Gasteiger partial charge is 0.314 e. The molecule has 2 saturated heterocycles. The first-order valence-corrected chi connectivity index (χ1v) is 7.86. The lowest BCUT2D eigenvalue weighted by Gasteiger charge is -2.33. The summed E-state index contributed by atoms with van der Waals surface area (Å²) in [5.74, 6) is -0.670. The first-order valence-electron chi connectivity index (χ1n) is 7.48. The van der Waals surface area contributed by atoms with Crippen molar-refractivity contribution in [1.29, 1.82) is 0 Å². The van der Waals surface area contributed by atoms with Gasteiger partial charge in [0.15, 0.2) is 6.61 Å². The Morgan fingerprint density at radius 2 is 2.30 bits per heavy atom. The quantitative estimate of drug-likeness (QED) is 0.903. The van der Waals surface area contributed by atoms with Gasteiger partial charge in [-0.3, -0.25) is 9.59 Å². The Bertz CT molecular complexity index is 622. The third-order valence-corrected chi connectivity index (χ3v) is 4.84. The molecule has 2 fully saturated rings. The van der Waals surface area contributed by atoms with Gasteiger partial charge in [0.1, 0.15) is 11.2 Å². The molecule has 2 aliphatic heterocycles. The maximum atomic E-state index is 12.3. The number of fused-ring (bicyclic) bond motifs is 1. The van der Waals surface area contributed by atoms with Crippen LogP contribution in [0.5, 0.6) is 5.75 Å². The summed E-state index contributed by atoms with van der Waals surface area (Å²) in [6, 6.07) is 6.81. The molecule has 0 aliphatic carbocycles. The zero-order valence-corrected chi connectivity index (χ0v) is 13.3. The van der Waals surface area contributed by atoms with Crippen molar-refractivity contribution in [3.8, 4) is 5.75 Å². The first kappa shape index (κ1) is 16.1. The molecule has 0 spiro atoms. The van der Waals surface area contributed by atoms with Crippen LogP contribution in [0.1, 0.15) is 6.42 Å². The van der Waals surface area contributed by atoms with Crippen LogP contribution >= 0.6 is 11.6 Å². The summed E-state index contributed by atoms with van der Waals surface area (Å²) in [7, 11) is 0. The number of nitrogens with zero attached hydrogens (tertiary/aromatic N) is 1. The highest BCUT2D eigenvalue weighted by Gasteiger charge is 2.55. The topological polar surface area (TPSA) is 76.1 Å². The highest BCUT2D eigenvalue weighted by Crippen LogP contribution is 2.41. The van der Waals surface area contributed by atoms with Gasteiger partial charge in [-0.15, -0.1) is 0 Å². The van der Waals surface area contributed by atoms with Crippen LogP contribution in [0, 0.1) is 11.3 Å². The molecule has 2 atom stereocenters. The molecule has 0 unspecified atom stereocenters. The molecule has 2 aliphatic rings. The van der Waals surface area contributed by atoms with Crippen LogP contribution in [0.25, 0.3) is 0 Å². The molecule has 6 nitrogen and oxygen atoms in total. The van der Waals surface area contributed by atoms with Crippen LogP contribution in [-0.2, 0) is 14.3 Å². The Morgan fingerprint density at radius 3 is 3.00 bits per heavy atom. The van der Waals surface area contributed by atoms with Gasteiger partial charge in [0.05, 0.1) is 6.61 Å². The molecule has 1 N–H and O–H groups in total. The monoisotopic (exact) mass is 339 g/mol. The van der Waals surface area contributed by atoms with E-state index in [1.165, 1.54) is 0 Å². The first-order chi connectivity index (χ1) is 11.0. The molecule has 23 heavy (non-hydrogen) atoms. The number of amides is 1. The van der Waals surface area contributed by atoms with Crippen molar-refractivity contribution in [2.45, 2.75) is 6.42 Å². The normalized spacial score (nSPS) is 26.7. The van der Waals surface area contributed by atoms with E-state index in [0.29, 0.717) is 30.3 Å². The van der Waals surface area contributed by atoms with Crippen molar-refractivity contribution >= 4 is 23.5 Å². The maximum absolute atomic E-state index is 12.3. The maximum Gasteiger partial charge on any atom is 0.314 e. The van der Waals surface area contributed by atoms with Gasteiger partial charge in [0, 0.05) is 24.7 Å². The van der Waals surface area contributed by atoms with E-state index >= 15 is 0 Å². The Kier molecular flexibility index (Phi) is 4.46. The molecule has 3 rings (SSSR count). The Balaban J connectivity index is 1.63. The van der Waals surface area contributed by atoms with E-state index < -0.39 is 11.4 Å². The van der Waals surface area contributed by atoms with Crippen LogP contribution in [0.15, 0.2) is 24.3 Å². The molecule has 0 saturated carbocycles. The zero-order valence-electron chi connectivity index (χ0n) is 12.5. The van der Waals surface area contributed by atoms with Gasteiger partial charge < -0.3 is 19.5 Å². The summed E-state index contributed by atoms with van der Waals surface area (Å²) < 4.78 is 10.8. The van der Waals surface area contributed by atoms with Gasteiger partial charge in [-0.05, 0) is 30.5 Å². The molecule has 1 aromatic carbocycles. The van der Waals surface area contributed by atoms with Crippen LogP contribution in [0.2, 0.25) is 5.02 Å². The van der Waals surface area contributed by atoms with E-state index in [1.54, 1.807) is 29.2 Å². The van der Waals surface area contributed by atoms with Crippen molar-refractivity contribution in [2.24, 2.45) is 11.3 Å². The molecule has 2 heterocycles. The summed E-state index contributed by atoms with van der Waals surface area (Å²) in [5, 5.41) is 10.1. The average Bonchev–Trinajstić information content (AvgIpc) is 2.94. The second kappa shape index (κ2) is 6.37. The second-order valence-corrected chi connectivity index (χ2v) is 6.46. The van der Waals surface area contributed by atoms with Crippen molar-refractivity contribution in [3.63, 3.8) is 0 Å². The van der Waals surface area contributed by atoms with E-state index in [1.807, 2.05) is 0 Å². The molecule has 0 aromatic heterocycles. The van der Waals surface area contributed by atoms with E-state index in [-0.39, 0.29) is 31.6 Å². The number of carboxylic acid groups (broad SMARTS) is 1. The SMILES string of the molecule is O=C(COc1cccc(Cl)c1)N1C[C@@H]2CCOC[C@]2(C(=O)O)C1. The largest absolute Gasteiger partial charge is 0.484 e. The van der Waals surface area contributed by atoms with Crippen molar-refractivity contribution in [1.82, 2.24) is 4.90 Å².